The molecule has 3 aromatic heterocycles. The molecule has 1 aromatic carbocycles. The van der Waals surface area contributed by atoms with E-state index in [0.717, 1.165) is 17.0 Å². The second kappa shape index (κ2) is 6.72. The minimum atomic E-state index is -0.365. The molecule has 3 heterocycles. The summed E-state index contributed by atoms with van der Waals surface area (Å²) in [5, 5.41) is 2.95. The van der Waals surface area contributed by atoms with Crippen LogP contribution in [-0.4, -0.2) is 20.3 Å². The van der Waals surface area contributed by atoms with Crippen LogP contribution in [0.2, 0.25) is 0 Å². The monoisotopic (exact) mass is 360 g/mol. The molecule has 0 radical (unpaired) electrons. The van der Waals surface area contributed by atoms with Crippen molar-refractivity contribution in [3.05, 3.63) is 77.7 Å². The van der Waals surface area contributed by atoms with Gasteiger partial charge in [0.1, 0.15) is 11.7 Å². The molecule has 1 atom stereocenters. The number of hydrogen-bond acceptors (Lipinski definition) is 4. The molecule has 1 unspecified atom stereocenters. The average Bonchev–Trinajstić information content (AvgIpc) is 3.30. The second-order valence-corrected chi connectivity index (χ2v) is 6.59. The zero-order valence-electron chi connectivity index (χ0n) is 15.4. The van der Waals surface area contributed by atoms with E-state index < -0.39 is 0 Å². The maximum absolute atomic E-state index is 12.8. The number of oxazole rings is 1. The van der Waals surface area contributed by atoms with E-state index in [1.165, 1.54) is 0 Å². The summed E-state index contributed by atoms with van der Waals surface area (Å²) in [5.41, 5.74) is 4.03. The van der Waals surface area contributed by atoms with E-state index in [4.69, 9.17) is 4.42 Å². The molecule has 6 nitrogen and oxygen atoms in total. The van der Waals surface area contributed by atoms with Gasteiger partial charge in [-0.1, -0.05) is 30.3 Å². The summed E-state index contributed by atoms with van der Waals surface area (Å²) in [6.07, 6.45) is 3.53. The van der Waals surface area contributed by atoms with Gasteiger partial charge in [-0.3, -0.25) is 4.79 Å². The van der Waals surface area contributed by atoms with Crippen LogP contribution in [0.3, 0.4) is 0 Å². The summed E-state index contributed by atoms with van der Waals surface area (Å²) in [5.74, 6) is 0.932. The number of aryl methyl sites for hydroxylation is 2. The lowest BCUT2D eigenvalue weighted by atomic mass is 10.2. The van der Waals surface area contributed by atoms with Gasteiger partial charge in [0.2, 0.25) is 5.89 Å². The van der Waals surface area contributed by atoms with E-state index in [1.807, 2.05) is 67.8 Å². The fraction of sp³-hybridized carbons (Fsp3) is 0.190. The van der Waals surface area contributed by atoms with Gasteiger partial charge in [-0.2, -0.15) is 0 Å². The number of aromatic nitrogens is 3. The predicted octanol–water partition coefficient (Wildman–Crippen LogP) is 4.10. The highest BCUT2D eigenvalue weighted by Crippen LogP contribution is 2.23. The number of carbonyl (C=O) groups is 1. The fourth-order valence-corrected chi connectivity index (χ4v) is 3.13. The van der Waals surface area contributed by atoms with E-state index in [2.05, 4.69) is 15.3 Å². The van der Waals surface area contributed by atoms with E-state index in [9.17, 15) is 4.79 Å². The Morgan fingerprint density at radius 1 is 1.19 bits per heavy atom. The van der Waals surface area contributed by atoms with E-state index in [1.54, 1.807) is 12.3 Å². The summed E-state index contributed by atoms with van der Waals surface area (Å²) < 4.78 is 7.74. The first-order valence-corrected chi connectivity index (χ1v) is 8.80. The molecule has 0 aliphatic rings. The molecule has 0 aliphatic heterocycles. The Balaban J connectivity index is 1.56. The first-order chi connectivity index (χ1) is 13.0. The number of benzene rings is 1. The Morgan fingerprint density at radius 2 is 1.96 bits per heavy atom. The standard InChI is InChI=1S/C21H20N4O2/c1-13-11-14(2)25-10-9-17(19(25)23-13)20(26)24-15(3)21-22-12-18(27-21)16-7-5-4-6-8-16/h4-12,15H,1-3H3,(H,24,26). The van der Waals surface area contributed by atoms with Crippen LogP contribution in [-0.2, 0) is 0 Å². The molecule has 0 spiro atoms. The van der Waals surface area contributed by atoms with Crippen molar-refractivity contribution in [3.8, 4) is 11.3 Å². The first-order valence-electron chi connectivity index (χ1n) is 8.80. The minimum Gasteiger partial charge on any atom is -0.438 e. The number of amides is 1. The summed E-state index contributed by atoms with van der Waals surface area (Å²) >= 11 is 0. The molecule has 4 rings (SSSR count). The average molecular weight is 360 g/mol. The van der Waals surface area contributed by atoms with Gasteiger partial charge in [-0.25, -0.2) is 9.97 Å². The summed E-state index contributed by atoms with van der Waals surface area (Å²) in [6.45, 7) is 5.76. The molecule has 1 N–H and O–H groups in total. The van der Waals surface area contributed by atoms with Crippen LogP contribution in [0.15, 0.2) is 59.3 Å². The molecule has 136 valence electrons. The van der Waals surface area contributed by atoms with Crippen LogP contribution in [0.4, 0.5) is 0 Å². The maximum atomic E-state index is 12.8. The molecule has 1 amide bonds. The van der Waals surface area contributed by atoms with Gasteiger partial charge < -0.3 is 14.1 Å². The second-order valence-electron chi connectivity index (χ2n) is 6.59. The molecule has 0 saturated heterocycles. The van der Waals surface area contributed by atoms with Crippen molar-refractivity contribution in [2.45, 2.75) is 26.8 Å². The zero-order chi connectivity index (χ0) is 19.0. The molecule has 6 heteroatoms. The third-order valence-corrected chi connectivity index (χ3v) is 4.48. The van der Waals surface area contributed by atoms with Crippen molar-refractivity contribution in [2.24, 2.45) is 0 Å². The molecule has 0 aliphatic carbocycles. The number of hydrogen-bond donors (Lipinski definition) is 1. The molecular weight excluding hydrogens is 340 g/mol. The van der Waals surface area contributed by atoms with E-state index >= 15 is 0 Å². The van der Waals surface area contributed by atoms with Crippen LogP contribution < -0.4 is 5.32 Å². The van der Waals surface area contributed by atoms with Crippen molar-refractivity contribution < 1.29 is 9.21 Å². The summed E-state index contributed by atoms with van der Waals surface area (Å²) in [7, 11) is 0. The van der Waals surface area contributed by atoms with E-state index in [0.29, 0.717) is 22.9 Å². The highest BCUT2D eigenvalue weighted by Gasteiger charge is 2.20. The zero-order valence-corrected chi connectivity index (χ0v) is 15.4. The van der Waals surface area contributed by atoms with Crippen LogP contribution in [0.1, 0.15) is 40.6 Å². The Kier molecular flexibility index (Phi) is 4.24. The van der Waals surface area contributed by atoms with Gasteiger partial charge in [0, 0.05) is 23.1 Å². The van der Waals surface area contributed by atoms with Crippen LogP contribution in [0.25, 0.3) is 17.0 Å². The van der Waals surface area contributed by atoms with E-state index in [-0.39, 0.29) is 11.9 Å². The third-order valence-electron chi connectivity index (χ3n) is 4.48. The molecule has 0 saturated carbocycles. The first kappa shape index (κ1) is 17.0. The van der Waals surface area contributed by atoms with Gasteiger partial charge in [0.15, 0.2) is 5.76 Å². The van der Waals surface area contributed by atoms with Gasteiger partial charge in [0.05, 0.1) is 11.8 Å². The number of nitrogens with zero attached hydrogens (tertiary/aromatic N) is 3. The van der Waals surface area contributed by atoms with Crippen molar-refractivity contribution in [2.75, 3.05) is 0 Å². The summed E-state index contributed by atoms with van der Waals surface area (Å²) in [4.78, 5) is 21.6. The lowest BCUT2D eigenvalue weighted by Gasteiger charge is -2.10. The molecule has 0 fully saturated rings. The van der Waals surface area contributed by atoms with Crippen LogP contribution in [0.5, 0.6) is 0 Å². The van der Waals surface area contributed by atoms with Crippen LogP contribution >= 0.6 is 0 Å². The van der Waals surface area contributed by atoms with Gasteiger partial charge in [0.25, 0.3) is 5.91 Å². The Labute approximate surface area is 156 Å². The number of fused-ring (bicyclic) bond motifs is 1. The van der Waals surface area contributed by atoms with Gasteiger partial charge in [-0.05, 0) is 32.9 Å². The number of carbonyl (C=O) groups excluding carboxylic acids is 1. The number of rotatable bonds is 4. The molecular formula is C21H20N4O2. The van der Waals surface area contributed by atoms with Crippen molar-refractivity contribution in [1.82, 2.24) is 19.7 Å². The van der Waals surface area contributed by atoms with Crippen LogP contribution in [0, 0.1) is 13.8 Å². The Morgan fingerprint density at radius 3 is 2.74 bits per heavy atom. The number of nitrogens with one attached hydrogen (secondary N) is 1. The Hall–Kier alpha value is -3.41. The van der Waals surface area contributed by atoms with Crippen molar-refractivity contribution in [1.29, 1.82) is 0 Å². The molecule has 0 bridgehead atoms. The SMILES string of the molecule is Cc1cc(C)n2ccc(C(=O)NC(C)c3ncc(-c4ccccc4)o3)c2n1. The Bertz CT molecular complexity index is 1110. The van der Waals surface area contributed by atoms with Gasteiger partial charge >= 0.3 is 0 Å². The highest BCUT2D eigenvalue weighted by atomic mass is 16.4. The largest absolute Gasteiger partial charge is 0.438 e. The fourth-order valence-electron chi connectivity index (χ4n) is 3.13. The van der Waals surface area contributed by atoms with Crippen molar-refractivity contribution >= 4 is 11.6 Å². The molecule has 4 aromatic rings. The quantitative estimate of drug-likeness (QED) is 0.595. The lowest BCUT2D eigenvalue weighted by molar-refractivity contribution is 0.0936. The topological polar surface area (TPSA) is 72.4 Å². The smallest absolute Gasteiger partial charge is 0.255 e. The summed E-state index contributed by atoms with van der Waals surface area (Å²) in [6, 6.07) is 13.1. The van der Waals surface area contributed by atoms with Gasteiger partial charge in [-0.15, -0.1) is 0 Å². The normalized spacial score (nSPS) is 12.3. The highest BCUT2D eigenvalue weighted by molar-refractivity contribution is 6.00. The predicted molar refractivity (Wildman–Crippen MR) is 102 cm³/mol. The van der Waals surface area contributed by atoms with Crippen molar-refractivity contribution in [3.63, 3.8) is 0 Å². The maximum Gasteiger partial charge on any atom is 0.255 e. The molecule has 27 heavy (non-hydrogen) atoms. The third kappa shape index (κ3) is 3.21. The minimum absolute atomic E-state index is 0.207. The lowest BCUT2D eigenvalue weighted by Crippen LogP contribution is -2.26.